The summed E-state index contributed by atoms with van der Waals surface area (Å²) in [5.41, 5.74) is 1.91. The lowest BCUT2D eigenvalue weighted by atomic mass is 10.1. The van der Waals surface area contributed by atoms with E-state index in [-0.39, 0.29) is 0 Å². The molecule has 2 aromatic rings. The zero-order chi connectivity index (χ0) is 17.5. The van der Waals surface area contributed by atoms with Crippen LogP contribution in [0.4, 0.5) is 5.69 Å². The molecule has 7 heteroatoms. The van der Waals surface area contributed by atoms with E-state index in [1.54, 1.807) is 26.4 Å². The van der Waals surface area contributed by atoms with Crippen molar-refractivity contribution in [3.05, 3.63) is 52.0 Å². The Kier molecular flexibility index (Phi) is 6.97. The Morgan fingerprint density at radius 2 is 1.75 bits per heavy atom. The van der Waals surface area contributed by atoms with Gasteiger partial charge in [0.05, 0.1) is 24.3 Å². The highest BCUT2D eigenvalue weighted by Crippen LogP contribution is 2.27. The fourth-order valence-corrected chi connectivity index (χ4v) is 2.62. The minimum atomic E-state index is 0.481. The van der Waals surface area contributed by atoms with Gasteiger partial charge in [-0.1, -0.05) is 29.3 Å². The topological polar surface area (TPSA) is 42.5 Å². The van der Waals surface area contributed by atoms with Crippen LogP contribution in [0.25, 0.3) is 0 Å². The maximum atomic E-state index is 5.98. The number of methoxy groups -OCH3 is 2. The lowest BCUT2D eigenvalue weighted by molar-refractivity contribution is 0.354. The van der Waals surface area contributed by atoms with Crippen LogP contribution in [-0.2, 0) is 6.42 Å². The standard InChI is InChI=1S/C17H18Cl2N2O2S/c1-22-15-6-3-11(9-16(15)23-2)7-8-20-17(24)21-12-4-5-13(18)14(19)10-12/h3-6,9-10H,7-8H2,1-2H3,(H2,20,21,24). The second kappa shape index (κ2) is 8.97. The second-order valence-corrected chi connectivity index (χ2v) is 6.17. The largest absolute Gasteiger partial charge is 0.493 e. The smallest absolute Gasteiger partial charge is 0.170 e. The van der Waals surface area contributed by atoms with Crippen molar-refractivity contribution in [2.24, 2.45) is 0 Å². The first kappa shape index (κ1) is 18.6. The number of nitrogens with one attached hydrogen (secondary N) is 2. The monoisotopic (exact) mass is 384 g/mol. The van der Waals surface area contributed by atoms with Gasteiger partial charge in [-0.25, -0.2) is 0 Å². The van der Waals surface area contributed by atoms with Gasteiger partial charge >= 0.3 is 0 Å². The van der Waals surface area contributed by atoms with Crippen LogP contribution in [0.5, 0.6) is 11.5 Å². The van der Waals surface area contributed by atoms with E-state index in [9.17, 15) is 0 Å². The summed E-state index contributed by atoms with van der Waals surface area (Å²) in [5.74, 6) is 1.43. The second-order valence-electron chi connectivity index (χ2n) is 4.95. The van der Waals surface area contributed by atoms with E-state index < -0.39 is 0 Å². The quantitative estimate of drug-likeness (QED) is 0.715. The molecule has 0 aromatic heterocycles. The molecule has 2 rings (SSSR count). The third-order valence-corrected chi connectivity index (χ3v) is 4.31. The summed E-state index contributed by atoms with van der Waals surface area (Å²) in [6.45, 7) is 0.683. The van der Waals surface area contributed by atoms with Gasteiger partial charge in [0.2, 0.25) is 0 Å². The summed E-state index contributed by atoms with van der Waals surface area (Å²) in [6.07, 6.45) is 0.795. The SMILES string of the molecule is COc1ccc(CCNC(=S)Nc2ccc(Cl)c(Cl)c2)cc1OC. The van der Waals surface area contributed by atoms with Crippen LogP contribution in [0, 0.1) is 0 Å². The number of hydrogen-bond donors (Lipinski definition) is 2. The molecule has 24 heavy (non-hydrogen) atoms. The normalized spacial score (nSPS) is 10.2. The van der Waals surface area contributed by atoms with Crippen LogP contribution < -0.4 is 20.1 Å². The molecule has 0 unspecified atom stereocenters. The molecule has 0 radical (unpaired) electrons. The molecule has 0 bridgehead atoms. The lowest BCUT2D eigenvalue weighted by Gasteiger charge is -2.12. The maximum Gasteiger partial charge on any atom is 0.170 e. The Bertz CT molecular complexity index is 726. The van der Waals surface area contributed by atoms with Crippen molar-refractivity contribution in [3.63, 3.8) is 0 Å². The van der Waals surface area contributed by atoms with Gasteiger partial charge in [-0.05, 0) is 54.5 Å². The van der Waals surface area contributed by atoms with E-state index in [2.05, 4.69) is 10.6 Å². The van der Waals surface area contributed by atoms with E-state index in [4.69, 9.17) is 44.9 Å². The molecule has 2 aromatic carbocycles. The van der Waals surface area contributed by atoms with Crippen LogP contribution in [0.3, 0.4) is 0 Å². The average Bonchev–Trinajstić information content (AvgIpc) is 2.58. The Labute approximate surface area is 157 Å². The van der Waals surface area contributed by atoms with Gasteiger partial charge in [0.25, 0.3) is 0 Å². The number of hydrogen-bond acceptors (Lipinski definition) is 3. The molecule has 0 atom stereocenters. The van der Waals surface area contributed by atoms with Crippen molar-refractivity contribution in [2.45, 2.75) is 6.42 Å². The summed E-state index contributed by atoms with van der Waals surface area (Å²) in [5, 5.41) is 7.73. The molecule has 0 aliphatic carbocycles. The molecule has 0 amide bonds. The Morgan fingerprint density at radius 1 is 1.00 bits per heavy atom. The lowest BCUT2D eigenvalue weighted by Crippen LogP contribution is -2.30. The van der Waals surface area contributed by atoms with E-state index in [0.29, 0.717) is 33.2 Å². The van der Waals surface area contributed by atoms with Gasteiger partial charge in [0.1, 0.15) is 0 Å². The van der Waals surface area contributed by atoms with Crippen LogP contribution in [0.1, 0.15) is 5.56 Å². The fourth-order valence-electron chi connectivity index (χ4n) is 2.11. The van der Waals surface area contributed by atoms with Crippen molar-refractivity contribution in [2.75, 3.05) is 26.1 Å². The molecule has 0 saturated carbocycles. The van der Waals surface area contributed by atoms with Crippen LogP contribution in [0.15, 0.2) is 36.4 Å². The highest BCUT2D eigenvalue weighted by Gasteiger charge is 2.05. The number of benzene rings is 2. The summed E-state index contributed by atoms with van der Waals surface area (Å²) in [6, 6.07) is 11.1. The van der Waals surface area contributed by atoms with Crippen LogP contribution in [0.2, 0.25) is 10.0 Å². The summed E-state index contributed by atoms with van der Waals surface area (Å²) < 4.78 is 10.5. The molecule has 0 aliphatic rings. The van der Waals surface area contributed by atoms with E-state index in [1.807, 2.05) is 24.3 Å². The molecule has 128 valence electrons. The molecule has 4 nitrogen and oxygen atoms in total. The van der Waals surface area contributed by atoms with E-state index in [0.717, 1.165) is 17.7 Å². The van der Waals surface area contributed by atoms with Crippen LogP contribution >= 0.6 is 35.4 Å². The van der Waals surface area contributed by atoms with Crippen molar-refractivity contribution in [1.29, 1.82) is 0 Å². The summed E-state index contributed by atoms with van der Waals surface area (Å²) in [4.78, 5) is 0. The molecule has 2 N–H and O–H groups in total. The number of thiocarbonyl (C=S) groups is 1. The third kappa shape index (κ3) is 5.16. The molecular formula is C17H18Cl2N2O2S. The first-order valence-electron chi connectivity index (χ1n) is 7.24. The van der Waals surface area contributed by atoms with Gasteiger partial charge < -0.3 is 20.1 Å². The Hall–Kier alpha value is -1.69. The fraction of sp³-hybridized carbons (Fsp3) is 0.235. The first-order valence-corrected chi connectivity index (χ1v) is 8.40. The first-order chi connectivity index (χ1) is 11.5. The minimum absolute atomic E-state index is 0.481. The summed E-state index contributed by atoms with van der Waals surface area (Å²) >= 11 is 17.1. The molecule has 0 fully saturated rings. The van der Waals surface area contributed by atoms with E-state index in [1.165, 1.54) is 0 Å². The number of rotatable bonds is 6. The predicted octanol–water partition coefficient (Wildman–Crippen LogP) is 4.54. The molecule has 0 heterocycles. The van der Waals surface area contributed by atoms with Crippen molar-refractivity contribution in [3.8, 4) is 11.5 Å². The van der Waals surface area contributed by atoms with Gasteiger partial charge in [0.15, 0.2) is 16.6 Å². The highest BCUT2D eigenvalue weighted by atomic mass is 35.5. The van der Waals surface area contributed by atoms with Gasteiger partial charge in [0, 0.05) is 12.2 Å². The zero-order valence-electron chi connectivity index (χ0n) is 13.4. The molecular weight excluding hydrogens is 367 g/mol. The third-order valence-electron chi connectivity index (χ3n) is 3.32. The minimum Gasteiger partial charge on any atom is -0.493 e. The maximum absolute atomic E-state index is 5.98. The van der Waals surface area contributed by atoms with Gasteiger partial charge in [-0.2, -0.15) is 0 Å². The average molecular weight is 385 g/mol. The van der Waals surface area contributed by atoms with Gasteiger partial charge in [-0.3, -0.25) is 0 Å². The number of ether oxygens (including phenoxy) is 2. The predicted molar refractivity (Wildman–Crippen MR) is 104 cm³/mol. The van der Waals surface area contributed by atoms with E-state index >= 15 is 0 Å². The molecule has 0 aliphatic heterocycles. The number of halogens is 2. The molecule has 0 spiro atoms. The highest BCUT2D eigenvalue weighted by molar-refractivity contribution is 7.80. The Morgan fingerprint density at radius 3 is 2.42 bits per heavy atom. The van der Waals surface area contributed by atoms with Crippen molar-refractivity contribution < 1.29 is 9.47 Å². The van der Waals surface area contributed by atoms with Crippen LogP contribution in [-0.4, -0.2) is 25.9 Å². The van der Waals surface area contributed by atoms with Crippen molar-refractivity contribution in [1.82, 2.24) is 5.32 Å². The zero-order valence-corrected chi connectivity index (χ0v) is 15.7. The van der Waals surface area contributed by atoms with Gasteiger partial charge in [-0.15, -0.1) is 0 Å². The number of anilines is 1. The molecule has 0 saturated heterocycles. The van der Waals surface area contributed by atoms with Crippen molar-refractivity contribution >= 4 is 46.2 Å². The Balaban J connectivity index is 1.85. The summed E-state index contributed by atoms with van der Waals surface area (Å²) in [7, 11) is 3.24.